The number of para-hydroxylation sites is 1. The number of nitrogens with one attached hydrogen (secondary N) is 2. The van der Waals surface area contributed by atoms with Gasteiger partial charge in [0.25, 0.3) is 17.5 Å². The smallest absolute Gasteiger partial charge is 0.440 e. The number of urea groups is 1. The molecule has 1 atom stereocenters. The number of methoxy groups -OCH3 is 5. The summed E-state index contributed by atoms with van der Waals surface area (Å²) in [4.78, 5) is 39.0. The topological polar surface area (TPSA) is 125 Å². The number of hydrogen-bond acceptors (Lipinski definition) is 8. The average molecular weight is 527 g/mol. The first kappa shape index (κ1) is 27.2. The first-order valence-corrected chi connectivity index (χ1v) is 10.5. The standard InChI is InChI=1S/C23H24F3N3O8/c1-33-14-8-6-7-12(17(14)36-4)11-29-20(31)22(23(24,25)26,28-21(29)32)27-19(30)13-9-15(34-2)18(37-5)16(10-13)35-3/h6-10H,11H2,1-5H3,(H,27,30)(H,28,32). The molecule has 37 heavy (non-hydrogen) atoms. The number of alkyl halides is 3. The molecular weight excluding hydrogens is 503 g/mol. The number of halogens is 3. The lowest BCUT2D eigenvalue weighted by Gasteiger charge is -2.30. The lowest BCUT2D eigenvalue weighted by Crippen LogP contribution is -2.69. The minimum Gasteiger partial charge on any atom is -0.493 e. The quantitative estimate of drug-likeness (QED) is 0.477. The summed E-state index contributed by atoms with van der Waals surface area (Å²) < 4.78 is 68.7. The molecule has 2 aromatic rings. The van der Waals surface area contributed by atoms with E-state index in [9.17, 15) is 27.6 Å². The first-order chi connectivity index (χ1) is 17.5. The van der Waals surface area contributed by atoms with Crippen LogP contribution >= 0.6 is 0 Å². The molecule has 0 aliphatic carbocycles. The van der Waals surface area contributed by atoms with Crippen molar-refractivity contribution >= 4 is 17.8 Å². The van der Waals surface area contributed by atoms with E-state index in [0.29, 0.717) is 4.90 Å². The second-order valence-corrected chi connectivity index (χ2v) is 7.59. The fraction of sp³-hybridized carbons (Fsp3) is 0.348. The van der Waals surface area contributed by atoms with Gasteiger partial charge in [-0.3, -0.25) is 19.8 Å². The number of amides is 4. The molecule has 0 aromatic heterocycles. The predicted molar refractivity (Wildman–Crippen MR) is 121 cm³/mol. The Morgan fingerprint density at radius 1 is 0.919 bits per heavy atom. The maximum atomic E-state index is 14.3. The van der Waals surface area contributed by atoms with Crippen molar-refractivity contribution in [2.75, 3.05) is 35.5 Å². The molecule has 1 fully saturated rings. The molecule has 0 saturated carbocycles. The van der Waals surface area contributed by atoms with Crippen LogP contribution in [0, 0.1) is 0 Å². The highest BCUT2D eigenvalue weighted by Gasteiger charge is 2.68. The van der Waals surface area contributed by atoms with Gasteiger partial charge in [-0.15, -0.1) is 0 Å². The molecule has 200 valence electrons. The fourth-order valence-corrected chi connectivity index (χ4v) is 3.77. The largest absolute Gasteiger partial charge is 0.493 e. The van der Waals surface area contributed by atoms with Gasteiger partial charge in [0.15, 0.2) is 23.0 Å². The SMILES string of the molecule is COc1cccc(CN2C(=O)NC(NC(=O)c3cc(OC)c(OC)c(OC)c3)(C(F)(F)F)C2=O)c1OC. The van der Waals surface area contributed by atoms with E-state index in [1.807, 2.05) is 0 Å². The van der Waals surface area contributed by atoms with Crippen molar-refractivity contribution in [3.05, 3.63) is 41.5 Å². The van der Waals surface area contributed by atoms with Crippen molar-refractivity contribution < 1.29 is 51.2 Å². The molecule has 14 heteroatoms. The molecule has 3 rings (SSSR count). The van der Waals surface area contributed by atoms with Gasteiger partial charge in [0, 0.05) is 11.1 Å². The van der Waals surface area contributed by atoms with Gasteiger partial charge in [0.1, 0.15) is 0 Å². The number of carbonyl (C=O) groups excluding carboxylic acids is 3. The summed E-state index contributed by atoms with van der Waals surface area (Å²) in [6.45, 7) is -0.594. The highest BCUT2D eigenvalue weighted by Crippen LogP contribution is 2.40. The summed E-state index contributed by atoms with van der Waals surface area (Å²) in [6.07, 6.45) is -5.41. The third-order valence-electron chi connectivity index (χ3n) is 5.57. The molecule has 1 saturated heterocycles. The Bertz CT molecular complexity index is 1200. The van der Waals surface area contributed by atoms with Crippen molar-refractivity contribution in [2.45, 2.75) is 18.4 Å². The van der Waals surface area contributed by atoms with Crippen LogP contribution in [0.2, 0.25) is 0 Å². The molecule has 0 bridgehead atoms. The maximum Gasteiger partial charge on any atom is 0.440 e. The monoisotopic (exact) mass is 527 g/mol. The van der Waals surface area contributed by atoms with Gasteiger partial charge in [-0.05, 0) is 18.2 Å². The van der Waals surface area contributed by atoms with E-state index in [-0.39, 0.29) is 39.9 Å². The molecule has 2 aromatic carbocycles. The molecule has 1 aliphatic heterocycles. The highest BCUT2D eigenvalue weighted by molar-refractivity contribution is 6.10. The second kappa shape index (κ2) is 10.3. The molecule has 11 nitrogen and oxygen atoms in total. The zero-order valence-electron chi connectivity index (χ0n) is 20.4. The molecule has 0 radical (unpaired) electrons. The Morgan fingerprint density at radius 2 is 1.49 bits per heavy atom. The Labute approximate surface area is 209 Å². The van der Waals surface area contributed by atoms with Gasteiger partial charge >= 0.3 is 12.2 Å². The molecule has 1 unspecified atom stereocenters. The van der Waals surface area contributed by atoms with E-state index in [1.54, 1.807) is 10.6 Å². The Hall–Kier alpha value is -4.36. The van der Waals surface area contributed by atoms with Crippen LogP contribution in [0.15, 0.2) is 30.3 Å². The molecule has 4 amide bonds. The maximum absolute atomic E-state index is 14.3. The lowest BCUT2D eigenvalue weighted by molar-refractivity contribution is -0.200. The van der Waals surface area contributed by atoms with E-state index >= 15 is 0 Å². The number of benzene rings is 2. The zero-order chi connectivity index (χ0) is 27.5. The van der Waals surface area contributed by atoms with Crippen LogP contribution in [0.1, 0.15) is 15.9 Å². The van der Waals surface area contributed by atoms with Crippen LogP contribution in [0.25, 0.3) is 0 Å². The minimum atomic E-state index is -5.41. The van der Waals surface area contributed by atoms with Crippen LogP contribution in [0.5, 0.6) is 28.7 Å². The number of ether oxygens (including phenoxy) is 5. The number of nitrogens with zero attached hydrogens (tertiary/aromatic N) is 1. The van der Waals surface area contributed by atoms with Gasteiger partial charge in [-0.2, -0.15) is 13.2 Å². The molecule has 2 N–H and O–H groups in total. The van der Waals surface area contributed by atoms with Crippen molar-refractivity contribution in [3.63, 3.8) is 0 Å². The Morgan fingerprint density at radius 3 is 1.97 bits per heavy atom. The van der Waals surface area contributed by atoms with E-state index in [0.717, 1.165) is 12.1 Å². The summed E-state index contributed by atoms with van der Waals surface area (Å²) in [5.74, 6) is -2.65. The first-order valence-electron chi connectivity index (χ1n) is 10.5. The lowest BCUT2D eigenvalue weighted by atomic mass is 10.1. The number of rotatable bonds is 9. The van der Waals surface area contributed by atoms with Gasteiger partial charge < -0.3 is 29.0 Å². The number of hydrogen-bond donors (Lipinski definition) is 2. The molecule has 1 heterocycles. The summed E-state index contributed by atoms with van der Waals surface area (Å²) in [7, 11) is 6.45. The van der Waals surface area contributed by atoms with Crippen molar-refractivity contribution in [1.29, 1.82) is 0 Å². The van der Waals surface area contributed by atoms with Gasteiger partial charge in [-0.25, -0.2) is 4.79 Å². The van der Waals surface area contributed by atoms with Crippen LogP contribution in [0.4, 0.5) is 18.0 Å². The van der Waals surface area contributed by atoms with Crippen LogP contribution in [-0.4, -0.2) is 70.1 Å². The number of carbonyl (C=O) groups is 3. The van der Waals surface area contributed by atoms with Crippen molar-refractivity contribution in [3.8, 4) is 28.7 Å². The van der Waals surface area contributed by atoms with Gasteiger partial charge in [0.05, 0.1) is 42.1 Å². The third kappa shape index (κ3) is 4.73. The van der Waals surface area contributed by atoms with Crippen molar-refractivity contribution in [2.24, 2.45) is 0 Å². The Kier molecular flexibility index (Phi) is 7.60. The highest BCUT2D eigenvalue weighted by atomic mass is 19.4. The number of imide groups is 1. The summed E-state index contributed by atoms with van der Waals surface area (Å²) >= 11 is 0. The molecule has 1 aliphatic rings. The summed E-state index contributed by atoms with van der Waals surface area (Å²) in [6, 6.07) is 5.31. The predicted octanol–water partition coefficient (Wildman–Crippen LogP) is 2.47. The van der Waals surface area contributed by atoms with E-state index in [4.69, 9.17) is 23.7 Å². The summed E-state index contributed by atoms with van der Waals surface area (Å²) in [5, 5.41) is 3.24. The zero-order valence-corrected chi connectivity index (χ0v) is 20.4. The molecule has 0 spiro atoms. The van der Waals surface area contributed by atoms with Crippen LogP contribution < -0.4 is 34.3 Å². The van der Waals surface area contributed by atoms with Gasteiger partial charge in [0.2, 0.25) is 5.75 Å². The normalized spacial score (nSPS) is 17.2. The molecular formula is C23H24F3N3O8. The average Bonchev–Trinajstić information content (AvgIpc) is 3.12. The van der Waals surface area contributed by atoms with Crippen LogP contribution in [-0.2, 0) is 11.3 Å². The van der Waals surface area contributed by atoms with Crippen molar-refractivity contribution in [1.82, 2.24) is 15.5 Å². The fourth-order valence-electron chi connectivity index (χ4n) is 3.77. The van der Waals surface area contributed by atoms with Crippen LogP contribution in [0.3, 0.4) is 0 Å². The minimum absolute atomic E-state index is 0.0124. The summed E-state index contributed by atoms with van der Waals surface area (Å²) in [5.41, 5.74) is -3.90. The van der Waals surface area contributed by atoms with E-state index < -0.39 is 36.2 Å². The Balaban J connectivity index is 2.00. The van der Waals surface area contributed by atoms with Gasteiger partial charge in [-0.1, -0.05) is 12.1 Å². The van der Waals surface area contributed by atoms with E-state index in [2.05, 4.69) is 0 Å². The van der Waals surface area contributed by atoms with E-state index in [1.165, 1.54) is 53.7 Å². The third-order valence-corrected chi connectivity index (χ3v) is 5.57. The second-order valence-electron chi connectivity index (χ2n) is 7.59.